The summed E-state index contributed by atoms with van der Waals surface area (Å²) in [5.41, 5.74) is 3.95. The minimum absolute atomic E-state index is 0.297. The van der Waals surface area contributed by atoms with Crippen LogP contribution in [-0.4, -0.2) is 67.3 Å². The number of hydrogen-bond acceptors (Lipinski definition) is 4. The van der Waals surface area contributed by atoms with E-state index in [9.17, 15) is 27.9 Å². The lowest BCUT2D eigenvalue weighted by atomic mass is 9.73. The van der Waals surface area contributed by atoms with Crippen LogP contribution < -0.4 is 10.2 Å². The summed E-state index contributed by atoms with van der Waals surface area (Å²) in [5, 5.41) is 11.7. The Hall–Kier alpha value is -3.85. The third kappa shape index (κ3) is 5.30. The lowest BCUT2D eigenvalue weighted by Crippen LogP contribution is -2.48. The summed E-state index contributed by atoms with van der Waals surface area (Å²) in [6.07, 6.45) is -3.50. The highest BCUT2D eigenvalue weighted by molar-refractivity contribution is 6.00. The molecule has 1 aliphatic heterocycles. The molecule has 2 N–H and O–H groups in total. The smallest absolute Gasteiger partial charge is 0.405 e. The molecule has 3 aromatic rings. The van der Waals surface area contributed by atoms with Crippen molar-refractivity contribution in [3.05, 3.63) is 89.0 Å². The first-order valence-electron chi connectivity index (χ1n) is 13.5. The second kappa shape index (κ2) is 11.0. The molecule has 0 aromatic heterocycles. The number of fused-ring (bicyclic) bond motifs is 3. The number of nitrogens with one attached hydrogen (secondary N) is 1. The van der Waals surface area contributed by atoms with E-state index in [4.69, 9.17) is 0 Å². The summed E-state index contributed by atoms with van der Waals surface area (Å²) in [7, 11) is 0. The molecule has 1 saturated heterocycles. The van der Waals surface area contributed by atoms with Gasteiger partial charge in [-0.2, -0.15) is 13.2 Å². The van der Waals surface area contributed by atoms with Crippen LogP contribution in [-0.2, 0) is 10.2 Å². The first-order chi connectivity index (χ1) is 19.1. The molecule has 3 aromatic carbocycles. The van der Waals surface area contributed by atoms with E-state index in [1.165, 1.54) is 0 Å². The van der Waals surface area contributed by atoms with E-state index >= 15 is 0 Å². The number of anilines is 1. The van der Waals surface area contributed by atoms with Crippen molar-refractivity contribution < 1.29 is 27.9 Å². The highest BCUT2D eigenvalue weighted by atomic mass is 19.4. The number of rotatable bonds is 8. The van der Waals surface area contributed by atoms with Gasteiger partial charge in [-0.05, 0) is 66.3 Å². The molecule has 210 valence electrons. The molecule has 0 unspecified atom stereocenters. The molecule has 1 amide bonds. The summed E-state index contributed by atoms with van der Waals surface area (Å²) in [4.78, 5) is 29.6. The third-order valence-electron chi connectivity index (χ3n) is 8.12. The second-order valence-electron chi connectivity index (χ2n) is 10.5. The number of halogens is 3. The van der Waals surface area contributed by atoms with Crippen LogP contribution in [0.25, 0.3) is 11.1 Å². The number of hydrogen-bond donors (Lipinski definition) is 2. The van der Waals surface area contributed by atoms with Gasteiger partial charge in [-0.15, -0.1) is 0 Å². The van der Waals surface area contributed by atoms with Gasteiger partial charge in [0.2, 0.25) is 5.91 Å². The summed E-state index contributed by atoms with van der Waals surface area (Å²) in [6.45, 7) is 4.08. The Balaban J connectivity index is 1.30. The van der Waals surface area contributed by atoms with Crippen molar-refractivity contribution in [2.24, 2.45) is 0 Å². The largest absolute Gasteiger partial charge is 0.478 e. The van der Waals surface area contributed by atoms with E-state index in [2.05, 4.69) is 15.1 Å². The van der Waals surface area contributed by atoms with E-state index in [1.54, 1.807) is 13.0 Å². The molecular formula is C31H32F3N3O3. The van der Waals surface area contributed by atoms with Crippen molar-refractivity contribution >= 4 is 17.6 Å². The second-order valence-corrected chi connectivity index (χ2v) is 10.5. The maximum Gasteiger partial charge on any atom is 0.405 e. The lowest BCUT2D eigenvalue weighted by Gasteiger charge is -2.37. The fourth-order valence-electron chi connectivity index (χ4n) is 6.12. The summed E-state index contributed by atoms with van der Waals surface area (Å²) in [5.74, 6) is -1.57. The van der Waals surface area contributed by atoms with Crippen molar-refractivity contribution in [1.82, 2.24) is 10.2 Å². The molecule has 0 spiro atoms. The predicted octanol–water partition coefficient (Wildman–Crippen LogP) is 5.24. The number of aryl methyl sites for hydroxylation is 1. The molecule has 40 heavy (non-hydrogen) atoms. The van der Waals surface area contributed by atoms with E-state index in [0.29, 0.717) is 24.9 Å². The predicted molar refractivity (Wildman–Crippen MR) is 148 cm³/mol. The van der Waals surface area contributed by atoms with E-state index in [-0.39, 0.29) is 0 Å². The van der Waals surface area contributed by atoms with Gasteiger partial charge >= 0.3 is 12.1 Å². The van der Waals surface area contributed by atoms with Gasteiger partial charge < -0.3 is 15.3 Å². The summed E-state index contributed by atoms with van der Waals surface area (Å²) < 4.78 is 39.3. The molecule has 1 heterocycles. The van der Waals surface area contributed by atoms with Crippen LogP contribution in [0.2, 0.25) is 0 Å². The minimum atomic E-state index is -4.50. The highest BCUT2D eigenvalue weighted by Gasteiger charge is 2.49. The number of alkyl halides is 3. The van der Waals surface area contributed by atoms with Gasteiger partial charge in [0.15, 0.2) is 0 Å². The molecule has 2 aliphatic rings. The molecule has 9 heteroatoms. The zero-order valence-corrected chi connectivity index (χ0v) is 22.3. The van der Waals surface area contributed by atoms with Crippen LogP contribution in [0.4, 0.5) is 18.9 Å². The Bertz CT molecular complexity index is 1370. The maximum atomic E-state index is 13.6. The first-order valence-corrected chi connectivity index (χ1v) is 13.5. The molecule has 0 bridgehead atoms. The molecule has 1 fully saturated rings. The monoisotopic (exact) mass is 551 g/mol. The number of benzene rings is 3. The first kappa shape index (κ1) is 27.7. The Labute approximate surface area is 231 Å². The van der Waals surface area contributed by atoms with E-state index in [0.717, 1.165) is 59.7 Å². The minimum Gasteiger partial charge on any atom is -0.478 e. The zero-order valence-electron chi connectivity index (χ0n) is 22.3. The summed E-state index contributed by atoms with van der Waals surface area (Å²) >= 11 is 0. The van der Waals surface area contributed by atoms with Crippen LogP contribution in [0, 0.1) is 6.92 Å². The molecule has 0 radical (unpaired) electrons. The van der Waals surface area contributed by atoms with Crippen molar-refractivity contribution in [2.45, 2.75) is 31.4 Å². The highest BCUT2D eigenvalue weighted by Crippen LogP contribution is 2.51. The topological polar surface area (TPSA) is 72.9 Å². The van der Waals surface area contributed by atoms with Gasteiger partial charge in [0, 0.05) is 31.9 Å². The van der Waals surface area contributed by atoms with Gasteiger partial charge in [0.25, 0.3) is 0 Å². The van der Waals surface area contributed by atoms with Crippen molar-refractivity contribution in [3.63, 3.8) is 0 Å². The molecule has 0 atom stereocenters. The van der Waals surface area contributed by atoms with Gasteiger partial charge in [-0.1, -0.05) is 54.6 Å². The zero-order chi connectivity index (χ0) is 28.5. The maximum absolute atomic E-state index is 13.6. The average Bonchev–Trinajstić information content (AvgIpc) is 3.23. The fraction of sp³-hybridized carbons (Fsp3) is 0.355. The molecular weight excluding hydrogens is 519 g/mol. The van der Waals surface area contributed by atoms with Crippen LogP contribution in [0.15, 0.2) is 66.7 Å². The quantitative estimate of drug-likeness (QED) is 0.401. The standard InChI is InChI=1S/C31H32F3N3O3/c1-21-11-12-22(19-25(21)28(38)39)37-17-15-36(16-18-37)14-6-13-30(29(40)35-20-31(32,33)34)26-9-4-2-7-23(26)24-8-3-5-10-27(24)30/h2-5,7-12,19H,6,13-18,20H2,1H3,(H,35,40)(H,38,39). The van der Waals surface area contributed by atoms with Gasteiger partial charge in [-0.3, -0.25) is 9.69 Å². The number of aromatic carboxylic acids is 1. The van der Waals surface area contributed by atoms with E-state index in [1.807, 2.05) is 60.7 Å². The van der Waals surface area contributed by atoms with Crippen molar-refractivity contribution in [2.75, 3.05) is 44.2 Å². The molecule has 5 rings (SSSR count). The van der Waals surface area contributed by atoms with Gasteiger partial charge in [0.1, 0.15) is 12.0 Å². The summed E-state index contributed by atoms with van der Waals surface area (Å²) in [6, 6.07) is 20.5. The molecule has 6 nitrogen and oxygen atoms in total. The lowest BCUT2D eigenvalue weighted by molar-refractivity contribution is -0.141. The van der Waals surface area contributed by atoms with Crippen LogP contribution in [0.3, 0.4) is 0 Å². The fourth-order valence-corrected chi connectivity index (χ4v) is 6.12. The number of carboxylic acids is 1. The van der Waals surface area contributed by atoms with Crippen LogP contribution >= 0.6 is 0 Å². The Kier molecular flexibility index (Phi) is 7.59. The van der Waals surface area contributed by atoms with E-state index < -0.39 is 30.0 Å². The number of carboxylic acid groups (broad SMARTS) is 1. The van der Waals surface area contributed by atoms with Crippen molar-refractivity contribution in [1.29, 1.82) is 0 Å². The number of amides is 1. The van der Waals surface area contributed by atoms with Crippen LogP contribution in [0.5, 0.6) is 0 Å². The van der Waals surface area contributed by atoms with Crippen molar-refractivity contribution in [3.8, 4) is 11.1 Å². The Morgan fingerprint density at radius 2 is 1.52 bits per heavy atom. The molecule has 1 aliphatic carbocycles. The van der Waals surface area contributed by atoms with Gasteiger partial charge in [-0.25, -0.2) is 4.79 Å². The Morgan fingerprint density at radius 3 is 2.10 bits per heavy atom. The SMILES string of the molecule is Cc1ccc(N2CCN(CCCC3(C(=O)NCC(F)(F)F)c4ccccc4-c4ccccc43)CC2)cc1C(=O)O. The number of carbonyl (C=O) groups is 2. The number of nitrogens with zero attached hydrogens (tertiary/aromatic N) is 2. The van der Waals surface area contributed by atoms with Crippen LogP contribution in [0.1, 0.15) is 39.9 Å². The average molecular weight is 552 g/mol. The third-order valence-corrected chi connectivity index (χ3v) is 8.12. The number of piperazine rings is 1. The Morgan fingerprint density at radius 1 is 0.925 bits per heavy atom. The normalized spacial score (nSPS) is 16.4. The van der Waals surface area contributed by atoms with Gasteiger partial charge in [0.05, 0.1) is 5.56 Å². The molecule has 0 saturated carbocycles. The number of carbonyl (C=O) groups excluding carboxylic acids is 1.